The molecule has 2 fully saturated rings. The van der Waals surface area contributed by atoms with Crippen molar-refractivity contribution in [2.45, 2.75) is 38.7 Å². The lowest BCUT2D eigenvalue weighted by Gasteiger charge is -2.19. The monoisotopic (exact) mass is 345 g/mol. The summed E-state index contributed by atoms with van der Waals surface area (Å²) in [6.45, 7) is 6.88. The van der Waals surface area contributed by atoms with Crippen LogP contribution >= 0.6 is 0 Å². The third kappa shape index (κ3) is 4.31. The van der Waals surface area contributed by atoms with Crippen molar-refractivity contribution in [2.24, 2.45) is 0 Å². The number of carbonyl (C=O) groups excluding carboxylic acids is 2. The molecule has 6 nitrogen and oxygen atoms in total. The summed E-state index contributed by atoms with van der Waals surface area (Å²) in [5.41, 5.74) is 2.14. The molecule has 1 N–H and O–H groups in total. The van der Waals surface area contributed by atoms with Gasteiger partial charge in [-0.2, -0.15) is 0 Å². The first kappa shape index (κ1) is 17.7. The van der Waals surface area contributed by atoms with Gasteiger partial charge in [0, 0.05) is 31.9 Å². The summed E-state index contributed by atoms with van der Waals surface area (Å²) < 4.78 is 5.49. The van der Waals surface area contributed by atoms with Crippen LogP contribution in [0.25, 0.3) is 0 Å². The minimum atomic E-state index is -0.124. The molecular formula is C19H27N3O3. The molecular weight excluding hydrogens is 318 g/mol. The second-order valence-electron chi connectivity index (χ2n) is 7.04. The standard InChI is InChI=1S/C19H27N3O3/c1-14(2)15-5-7-16(8-6-15)22-10-9-21(19(22)24)13-18(23)20-12-17-4-3-11-25-17/h5-8,14,17H,3-4,9-13H2,1-2H3,(H,20,23). The molecule has 2 aliphatic heterocycles. The zero-order valence-electron chi connectivity index (χ0n) is 15.0. The summed E-state index contributed by atoms with van der Waals surface area (Å²) in [6.07, 6.45) is 2.16. The highest BCUT2D eigenvalue weighted by Gasteiger charge is 2.31. The lowest BCUT2D eigenvalue weighted by Crippen LogP contribution is -2.42. The predicted molar refractivity (Wildman–Crippen MR) is 96.8 cm³/mol. The Morgan fingerprint density at radius 2 is 2.04 bits per heavy atom. The molecule has 3 amide bonds. The Bertz CT molecular complexity index is 609. The maximum absolute atomic E-state index is 12.6. The maximum atomic E-state index is 12.6. The first-order valence-corrected chi connectivity index (χ1v) is 9.09. The third-order valence-electron chi connectivity index (χ3n) is 4.85. The Kier molecular flexibility index (Phi) is 5.58. The minimum absolute atomic E-state index is 0.103. The van der Waals surface area contributed by atoms with Crippen LogP contribution in [0.4, 0.5) is 10.5 Å². The normalized spacial score (nSPS) is 20.6. The number of amides is 3. The van der Waals surface area contributed by atoms with E-state index in [2.05, 4.69) is 31.3 Å². The van der Waals surface area contributed by atoms with Gasteiger partial charge in [-0.1, -0.05) is 26.0 Å². The molecule has 2 heterocycles. The van der Waals surface area contributed by atoms with Gasteiger partial charge >= 0.3 is 6.03 Å². The van der Waals surface area contributed by atoms with Crippen LogP contribution < -0.4 is 10.2 Å². The van der Waals surface area contributed by atoms with Gasteiger partial charge in [0.15, 0.2) is 0 Å². The molecule has 0 spiro atoms. The third-order valence-corrected chi connectivity index (χ3v) is 4.85. The number of benzene rings is 1. The molecule has 1 aromatic carbocycles. The van der Waals surface area contributed by atoms with E-state index in [1.54, 1.807) is 9.80 Å². The molecule has 0 aliphatic carbocycles. The van der Waals surface area contributed by atoms with Crippen molar-refractivity contribution >= 4 is 17.6 Å². The zero-order valence-corrected chi connectivity index (χ0v) is 15.0. The molecule has 25 heavy (non-hydrogen) atoms. The van der Waals surface area contributed by atoms with E-state index in [1.165, 1.54) is 5.56 Å². The van der Waals surface area contributed by atoms with Crippen molar-refractivity contribution in [1.29, 1.82) is 0 Å². The van der Waals surface area contributed by atoms with Crippen LogP contribution in [0.15, 0.2) is 24.3 Å². The van der Waals surface area contributed by atoms with Gasteiger partial charge in [0.25, 0.3) is 0 Å². The van der Waals surface area contributed by atoms with E-state index in [9.17, 15) is 9.59 Å². The van der Waals surface area contributed by atoms with Gasteiger partial charge in [-0.25, -0.2) is 4.79 Å². The van der Waals surface area contributed by atoms with Crippen LogP contribution in [0.1, 0.15) is 38.2 Å². The fourth-order valence-corrected chi connectivity index (χ4v) is 3.27. The zero-order chi connectivity index (χ0) is 17.8. The van der Waals surface area contributed by atoms with E-state index >= 15 is 0 Å². The predicted octanol–water partition coefficient (Wildman–Crippen LogP) is 2.35. The average Bonchev–Trinajstić information content (AvgIpc) is 3.24. The number of hydrogen-bond donors (Lipinski definition) is 1. The Labute approximate surface area is 149 Å². The van der Waals surface area contributed by atoms with Crippen LogP contribution in [0.2, 0.25) is 0 Å². The minimum Gasteiger partial charge on any atom is -0.376 e. The first-order valence-electron chi connectivity index (χ1n) is 9.09. The number of ether oxygens (including phenoxy) is 1. The van der Waals surface area contributed by atoms with E-state index in [1.807, 2.05) is 12.1 Å². The number of hydrogen-bond acceptors (Lipinski definition) is 3. The van der Waals surface area contributed by atoms with E-state index < -0.39 is 0 Å². The van der Waals surface area contributed by atoms with Gasteiger partial charge in [-0.05, 0) is 36.5 Å². The summed E-state index contributed by atoms with van der Waals surface area (Å²) in [5.74, 6) is 0.341. The Morgan fingerprint density at radius 3 is 2.68 bits per heavy atom. The second-order valence-corrected chi connectivity index (χ2v) is 7.04. The summed E-state index contributed by atoms with van der Waals surface area (Å²) in [7, 11) is 0. The quantitative estimate of drug-likeness (QED) is 0.861. The molecule has 0 saturated carbocycles. The lowest BCUT2D eigenvalue weighted by molar-refractivity contribution is -0.122. The van der Waals surface area contributed by atoms with Crippen LogP contribution in [0.3, 0.4) is 0 Å². The SMILES string of the molecule is CC(C)c1ccc(N2CCN(CC(=O)NCC3CCCO3)C2=O)cc1. The van der Waals surface area contributed by atoms with Gasteiger partial charge in [0.1, 0.15) is 6.54 Å². The highest BCUT2D eigenvalue weighted by atomic mass is 16.5. The van der Waals surface area contributed by atoms with Crippen LogP contribution in [-0.4, -0.2) is 55.7 Å². The molecule has 1 atom stereocenters. The Morgan fingerprint density at radius 1 is 1.28 bits per heavy atom. The van der Waals surface area contributed by atoms with E-state index in [-0.39, 0.29) is 24.6 Å². The van der Waals surface area contributed by atoms with Crippen LogP contribution in [0.5, 0.6) is 0 Å². The van der Waals surface area contributed by atoms with Gasteiger partial charge in [0.2, 0.25) is 5.91 Å². The molecule has 1 unspecified atom stereocenters. The number of rotatable bonds is 6. The Balaban J connectivity index is 1.51. The fourth-order valence-electron chi connectivity index (χ4n) is 3.27. The smallest absolute Gasteiger partial charge is 0.325 e. The van der Waals surface area contributed by atoms with Gasteiger partial charge in [0.05, 0.1) is 6.10 Å². The molecule has 2 saturated heterocycles. The maximum Gasteiger partial charge on any atom is 0.325 e. The lowest BCUT2D eigenvalue weighted by atomic mass is 10.0. The number of anilines is 1. The highest BCUT2D eigenvalue weighted by molar-refractivity contribution is 5.96. The highest BCUT2D eigenvalue weighted by Crippen LogP contribution is 2.23. The van der Waals surface area contributed by atoms with E-state index in [0.29, 0.717) is 25.6 Å². The van der Waals surface area contributed by atoms with Crippen LogP contribution in [0, 0.1) is 0 Å². The number of nitrogens with zero attached hydrogens (tertiary/aromatic N) is 2. The molecule has 3 rings (SSSR count). The molecule has 0 aromatic heterocycles. The number of carbonyl (C=O) groups is 2. The van der Waals surface area contributed by atoms with Gasteiger partial charge in [-0.3, -0.25) is 9.69 Å². The van der Waals surface area contributed by atoms with Crippen molar-refractivity contribution in [3.8, 4) is 0 Å². The molecule has 0 radical (unpaired) electrons. The van der Waals surface area contributed by atoms with Crippen molar-refractivity contribution in [1.82, 2.24) is 10.2 Å². The summed E-state index contributed by atoms with van der Waals surface area (Å²) in [6, 6.07) is 7.97. The summed E-state index contributed by atoms with van der Waals surface area (Å²) in [5, 5.41) is 2.87. The van der Waals surface area contributed by atoms with Gasteiger partial charge in [-0.15, -0.1) is 0 Å². The fraction of sp³-hybridized carbons (Fsp3) is 0.579. The van der Waals surface area contributed by atoms with Crippen molar-refractivity contribution in [3.05, 3.63) is 29.8 Å². The van der Waals surface area contributed by atoms with Gasteiger partial charge < -0.3 is 15.0 Å². The first-order chi connectivity index (χ1) is 12.0. The second kappa shape index (κ2) is 7.87. The van der Waals surface area contributed by atoms with Crippen molar-refractivity contribution in [3.63, 3.8) is 0 Å². The van der Waals surface area contributed by atoms with E-state index in [0.717, 1.165) is 25.1 Å². The van der Waals surface area contributed by atoms with Crippen LogP contribution in [-0.2, 0) is 9.53 Å². The molecule has 136 valence electrons. The van der Waals surface area contributed by atoms with Crippen molar-refractivity contribution < 1.29 is 14.3 Å². The summed E-state index contributed by atoms with van der Waals surface area (Å²) >= 11 is 0. The average molecular weight is 345 g/mol. The number of nitrogens with one attached hydrogen (secondary N) is 1. The molecule has 2 aliphatic rings. The molecule has 1 aromatic rings. The van der Waals surface area contributed by atoms with E-state index in [4.69, 9.17) is 4.74 Å². The Hall–Kier alpha value is -2.08. The number of urea groups is 1. The van der Waals surface area contributed by atoms with Crippen molar-refractivity contribution in [2.75, 3.05) is 37.7 Å². The topological polar surface area (TPSA) is 61.9 Å². The molecule has 0 bridgehead atoms. The largest absolute Gasteiger partial charge is 0.376 e. The molecule has 6 heteroatoms. The summed E-state index contributed by atoms with van der Waals surface area (Å²) in [4.78, 5) is 28.0.